The Hall–Kier alpha value is 0.330. The van der Waals surface area contributed by atoms with Crippen molar-refractivity contribution in [3.63, 3.8) is 0 Å². The predicted molar refractivity (Wildman–Crippen MR) is 31.0 cm³/mol. The van der Waals surface area contributed by atoms with Crippen LogP contribution in [-0.4, -0.2) is 9.84 Å². The molecule has 0 aliphatic heterocycles. The highest BCUT2D eigenvalue weighted by Crippen LogP contribution is 2.42. The molecule has 0 N–H and O–H groups in total. The largest absolute Gasteiger partial charge is 0.377 e. The summed E-state index contributed by atoms with van der Waals surface area (Å²) >= 11 is 13.4. The van der Waals surface area contributed by atoms with Crippen LogP contribution in [0.2, 0.25) is 0 Å². The molecule has 0 atom stereocenters. The Morgan fingerprint density at radius 1 is 1.22 bits per heavy atom. The molecular weight excluding hydrogens is 198 g/mol. The summed E-state index contributed by atoms with van der Waals surface area (Å²) in [6.45, 7) is 0. The van der Waals surface area contributed by atoms with Gasteiger partial charge in [-0.3, -0.25) is 0 Å². The molecule has 0 aliphatic rings. The van der Waals surface area contributed by atoms with Crippen LogP contribution in [-0.2, 0) is 0 Å². The topological polar surface area (TPSA) is 29.4 Å². The maximum atomic E-state index is 11.7. The molecule has 0 rings (SSSR count). The summed E-state index contributed by atoms with van der Waals surface area (Å²) in [6.07, 6.45) is 0. The molecule has 0 amide bonds. The fourth-order valence-electron chi connectivity index (χ4n) is 0.0518. The van der Waals surface area contributed by atoms with Crippen LogP contribution >= 0.6 is 34.8 Å². The lowest BCUT2D eigenvalue weighted by atomic mass is 10.7. The summed E-state index contributed by atoms with van der Waals surface area (Å²) in [6, 6.07) is 0. The molecule has 0 aliphatic carbocycles. The molecule has 0 spiro atoms. The van der Waals surface area contributed by atoms with Gasteiger partial charge in [-0.05, 0) is 16.8 Å². The van der Waals surface area contributed by atoms with E-state index in [9.17, 15) is 13.7 Å². The van der Waals surface area contributed by atoms with Gasteiger partial charge in [-0.2, -0.15) is 8.78 Å². The van der Waals surface area contributed by atoms with Gasteiger partial charge in [-0.25, -0.2) is 0 Å². The SMILES string of the molecule is O=NC(Cl)(Cl)C(F)(F)Cl. The monoisotopic (exact) mass is 197 g/mol. The lowest BCUT2D eigenvalue weighted by molar-refractivity contribution is 0.0787. The summed E-state index contributed by atoms with van der Waals surface area (Å²) in [4.78, 5) is 9.39. The fraction of sp³-hybridized carbons (Fsp3) is 1.00. The molecule has 0 heterocycles. The maximum Gasteiger partial charge on any atom is 0.377 e. The zero-order chi connectivity index (χ0) is 7.71. The van der Waals surface area contributed by atoms with E-state index in [-0.39, 0.29) is 0 Å². The van der Waals surface area contributed by atoms with Gasteiger partial charge in [0.25, 0.3) is 0 Å². The van der Waals surface area contributed by atoms with E-state index in [4.69, 9.17) is 0 Å². The number of hydrogen-bond donors (Lipinski definition) is 0. The van der Waals surface area contributed by atoms with E-state index in [0.717, 1.165) is 0 Å². The van der Waals surface area contributed by atoms with E-state index in [1.165, 1.54) is 0 Å². The van der Waals surface area contributed by atoms with Gasteiger partial charge in [0.15, 0.2) is 0 Å². The van der Waals surface area contributed by atoms with Crippen molar-refractivity contribution in [3.8, 4) is 0 Å². The Labute approximate surface area is 64.0 Å². The molecule has 0 bridgehead atoms. The van der Waals surface area contributed by atoms with Gasteiger partial charge in [0.1, 0.15) is 0 Å². The smallest absolute Gasteiger partial charge is 0.182 e. The first kappa shape index (κ1) is 9.33. The summed E-state index contributed by atoms with van der Waals surface area (Å²) in [5.41, 5.74) is 0. The van der Waals surface area contributed by atoms with Gasteiger partial charge in [0.05, 0.1) is 0 Å². The second-order valence-corrected chi connectivity index (χ2v) is 2.89. The van der Waals surface area contributed by atoms with Crippen LogP contribution < -0.4 is 0 Å². The van der Waals surface area contributed by atoms with Crippen molar-refractivity contribution in [1.29, 1.82) is 0 Å². The van der Waals surface area contributed by atoms with E-state index in [1.54, 1.807) is 5.18 Å². The molecule has 0 saturated carbocycles. The summed E-state index contributed by atoms with van der Waals surface area (Å²) in [5, 5.41) is -2.34. The summed E-state index contributed by atoms with van der Waals surface area (Å²) in [7, 11) is 0. The highest BCUT2D eigenvalue weighted by Gasteiger charge is 2.52. The van der Waals surface area contributed by atoms with E-state index in [1.807, 2.05) is 0 Å². The summed E-state index contributed by atoms with van der Waals surface area (Å²) in [5.74, 6) is 0. The molecule has 0 unspecified atom stereocenters. The van der Waals surface area contributed by atoms with Crippen LogP contribution in [0.5, 0.6) is 0 Å². The highest BCUT2D eigenvalue weighted by molar-refractivity contribution is 6.52. The molecule has 0 saturated heterocycles. The second-order valence-electron chi connectivity index (χ2n) is 1.13. The van der Waals surface area contributed by atoms with Crippen LogP contribution in [0, 0.1) is 4.91 Å². The zero-order valence-electron chi connectivity index (χ0n) is 3.75. The van der Waals surface area contributed by atoms with Gasteiger partial charge in [0.2, 0.25) is 0 Å². The van der Waals surface area contributed by atoms with Crippen molar-refractivity contribution in [3.05, 3.63) is 4.91 Å². The van der Waals surface area contributed by atoms with Gasteiger partial charge in [-0.15, -0.1) is 4.91 Å². The highest BCUT2D eigenvalue weighted by atomic mass is 35.5. The molecule has 0 aromatic carbocycles. The minimum atomic E-state index is -4.03. The first-order chi connectivity index (χ1) is 3.81. The number of alkyl halides is 5. The molecule has 54 valence electrons. The van der Waals surface area contributed by atoms with Crippen LogP contribution in [0.25, 0.3) is 0 Å². The molecule has 0 aromatic rings. The molecular formula is C2Cl3F2NO. The van der Waals surface area contributed by atoms with Crippen molar-refractivity contribution in [2.24, 2.45) is 5.18 Å². The third kappa shape index (κ3) is 2.20. The van der Waals surface area contributed by atoms with Crippen molar-refractivity contribution in [2.75, 3.05) is 0 Å². The van der Waals surface area contributed by atoms with Gasteiger partial charge in [0, 0.05) is 0 Å². The Morgan fingerprint density at radius 2 is 1.56 bits per heavy atom. The minimum absolute atomic E-state index is 1.69. The lowest BCUT2D eigenvalue weighted by Crippen LogP contribution is -2.30. The van der Waals surface area contributed by atoms with Crippen molar-refractivity contribution in [1.82, 2.24) is 0 Å². The van der Waals surface area contributed by atoms with E-state index in [2.05, 4.69) is 34.8 Å². The quantitative estimate of drug-likeness (QED) is 0.381. The third-order valence-electron chi connectivity index (χ3n) is 0.456. The maximum absolute atomic E-state index is 11.7. The number of halogens is 5. The Balaban J connectivity index is 4.32. The average Bonchev–Trinajstić information content (AvgIpc) is 1.64. The van der Waals surface area contributed by atoms with E-state index in [0.29, 0.717) is 0 Å². The second kappa shape index (κ2) is 2.52. The molecule has 2 nitrogen and oxygen atoms in total. The first-order valence-electron chi connectivity index (χ1n) is 1.60. The van der Waals surface area contributed by atoms with Crippen LogP contribution in [0.4, 0.5) is 8.78 Å². The van der Waals surface area contributed by atoms with E-state index >= 15 is 0 Å². The fourth-order valence-corrected chi connectivity index (χ4v) is 0.0863. The Bertz CT molecular complexity index is 121. The molecule has 9 heavy (non-hydrogen) atoms. The van der Waals surface area contributed by atoms with Crippen LogP contribution in [0.1, 0.15) is 0 Å². The average molecular weight is 198 g/mol. The normalized spacial score (nSPS) is 13.4. The van der Waals surface area contributed by atoms with Crippen molar-refractivity contribution in [2.45, 2.75) is 9.84 Å². The number of nitroso groups, excluding NO2 is 1. The molecule has 0 radical (unpaired) electrons. The minimum Gasteiger partial charge on any atom is -0.182 e. The Morgan fingerprint density at radius 3 is 1.56 bits per heavy atom. The van der Waals surface area contributed by atoms with Gasteiger partial charge < -0.3 is 0 Å². The van der Waals surface area contributed by atoms with Crippen molar-refractivity contribution >= 4 is 34.8 Å². The third-order valence-corrected chi connectivity index (χ3v) is 1.54. The standard InChI is InChI=1S/C2Cl3F2NO/c3-1(4,8-9)2(5,6)7. The number of rotatable bonds is 2. The summed E-state index contributed by atoms with van der Waals surface area (Å²) < 4.78 is 20.3. The zero-order valence-corrected chi connectivity index (χ0v) is 6.01. The Kier molecular flexibility index (Phi) is 2.61. The number of nitrogens with zero attached hydrogens (tertiary/aromatic N) is 1. The van der Waals surface area contributed by atoms with Crippen molar-refractivity contribution < 1.29 is 8.78 Å². The molecule has 0 aromatic heterocycles. The van der Waals surface area contributed by atoms with E-state index < -0.39 is 9.84 Å². The first-order valence-corrected chi connectivity index (χ1v) is 2.73. The van der Waals surface area contributed by atoms with Crippen LogP contribution in [0.3, 0.4) is 0 Å². The van der Waals surface area contributed by atoms with Gasteiger partial charge >= 0.3 is 9.84 Å². The van der Waals surface area contributed by atoms with Gasteiger partial charge in [-0.1, -0.05) is 23.2 Å². The lowest BCUT2D eigenvalue weighted by Gasteiger charge is -2.14. The van der Waals surface area contributed by atoms with Crippen LogP contribution in [0.15, 0.2) is 5.18 Å². The molecule has 7 heteroatoms. The predicted octanol–water partition coefficient (Wildman–Crippen LogP) is 2.72. The molecule has 0 fully saturated rings. The number of hydrogen-bond acceptors (Lipinski definition) is 2.